The Hall–Kier alpha value is -2.97. The van der Waals surface area contributed by atoms with Crippen molar-refractivity contribution in [1.29, 1.82) is 0 Å². The highest BCUT2D eigenvalue weighted by Crippen LogP contribution is 2.38. The summed E-state index contributed by atoms with van der Waals surface area (Å²) in [6.45, 7) is 2.30. The molecule has 152 valence electrons. The Bertz CT molecular complexity index is 1180. The van der Waals surface area contributed by atoms with E-state index in [4.69, 9.17) is 4.98 Å². The zero-order valence-corrected chi connectivity index (χ0v) is 16.8. The highest BCUT2D eigenvalue weighted by molar-refractivity contribution is 5.74. The first kappa shape index (κ1) is 18.1. The van der Waals surface area contributed by atoms with Crippen LogP contribution in [0.5, 0.6) is 0 Å². The third kappa shape index (κ3) is 3.24. The fourth-order valence-corrected chi connectivity index (χ4v) is 4.21. The molecular weight excluding hydrogens is 370 g/mol. The molecule has 2 aliphatic rings. The van der Waals surface area contributed by atoms with E-state index in [9.17, 15) is 9.59 Å². The molecule has 3 aromatic heterocycles. The van der Waals surface area contributed by atoms with Gasteiger partial charge in [0.05, 0.1) is 18.2 Å². The van der Waals surface area contributed by atoms with Crippen molar-refractivity contribution in [3.63, 3.8) is 0 Å². The summed E-state index contributed by atoms with van der Waals surface area (Å²) in [5.74, 6) is 1.59. The molecule has 3 aromatic rings. The van der Waals surface area contributed by atoms with Crippen molar-refractivity contribution in [2.24, 2.45) is 20.0 Å². The number of fused-ring (bicyclic) bond motifs is 1. The second-order valence-corrected chi connectivity index (χ2v) is 8.29. The van der Waals surface area contributed by atoms with Crippen LogP contribution < -0.4 is 16.0 Å². The van der Waals surface area contributed by atoms with Gasteiger partial charge in [-0.1, -0.05) is 0 Å². The Balaban J connectivity index is 1.30. The van der Waals surface area contributed by atoms with E-state index in [1.54, 1.807) is 46.5 Å². The summed E-state index contributed by atoms with van der Waals surface area (Å²) in [5.41, 5.74) is 1.53. The molecule has 0 aromatic carbocycles. The lowest BCUT2D eigenvalue weighted by Gasteiger charge is -2.33. The highest BCUT2D eigenvalue weighted by atomic mass is 16.1. The molecule has 1 aliphatic heterocycles. The standard InChI is InChI=1S/C20H25N7O2/c1-24-19(29)15-10-22-25(2)18(15)23-20(24)26-7-5-13(6-8-26)11-27-12-21-16(9-17(27)28)14-3-4-14/h9-10,12-14H,3-8,11H2,1-2H3. The van der Waals surface area contributed by atoms with Gasteiger partial charge in [0.1, 0.15) is 5.39 Å². The highest BCUT2D eigenvalue weighted by Gasteiger charge is 2.26. The van der Waals surface area contributed by atoms with Crippen molar-refractivity contribution in [3.8, 4) is 0 Å². The third-order valence-corrected chi connectivity index (χ3v) is 6.20. The topological polar surface area (TPSA) is 90.8 Å². The molecule has 0 spiro atoms. The van der Waals surface area contributed by atoms with Crippen molar-refractivity contribution in [2.45, 2.75) is 38.1 Å². The Morgan fingerprint density at radius 1 is 1.10 bits per heavy atom. The zero-order chi connectivity index (χ0) is 20.1. The molecule has 0 radical (unpaired) electrons. The molecule has 9 nitrogen and oxygen atoms in total. The van der Waals surface area contributed by atoms with Crippen LogP contribution in [0.1, 0.15) is 37.3 Å². The van der Waals surface area contributed by atoms with Gasteiger partial charge in [0.25, 0.3) is 11.1 Å². The summed E-state index contributed by atoms with van der Waals surface area (Å²) < 4.78 is 4.98. The first-order chi connectivity index (χ1) is 14.0. The van der Waals surface area contributed by atoms with Gasteiger partial charge >= 0.3 is 0 Å². The van der Waals surface area contributed by atoms with E-state index in [1.807, 2.05) is 0 Å². The summed E-state index contributed by atoms with van der Waals surface area (Å²) in [7, 11) is 3.56. The van der Waals surface area contributed by atoms with E-state index in [1.165, 1.54) is 0 Å². The summed E-state index contributed by atoms with van der Waals surface area (Å²) in [4.78, 5) is 36.4. The largest absolute Gasteiger partial charge is 0.342 e. The van der Waals surface area contributed by atoms with Crippen molar-refractivity contribution in [3.05, 3.63) is 45.0 Å². The molecule has 5 rings (SSSR count). The van der Waals surface area contributed by atoms with Crippen molar-refractivity contribution in [1.82, 2.24) is 28.9 Å². The maximum Gasteiger partial charge on any atom is 0.265 e. The lowest BCUT2D eigenvalue weighted by atomic mass is 9.97. The minimum absolute atomic E-state index is 0.0510. The van der Waals surface area contributed by atoms with Gasteiger partial charge in [-0.15, -0.1) is 0 Å². The van der Waals surface area contributed by atoms with Crippen LogP contribution in [-0.2, 0) is 20.6 Å². The Morgan fingerprint density at radius 2 is 1.86 bits per heavy atom. The van der Waals surface area contributed by atoms with Crippen molar-refractivity contribution >= 4 is 17.0 Å². The molecule has 2 fully saturated rings. The van der Waals surface area contributed by atoms with Gasteiger partial charge in [0.15, 0.2) is 5.65 Å². The summed E-state index contributed by atoms with van der Waals surface area (Å²) in [6, 6.07) is 1.70. The van der Waals surface area contributed by atoms with Crippen LogP contribution in [0.15, 0.2) is 28.2 Å². The fraction of sp³-hybridized carbons (Fsp3) is 0.550. The number of hydrogen-bond acceptors (Lipinski definition) is 6. The van der Waals surface area contributed by atoms with Crippen LogP contribution >= 0.6 is 0 Å². The second-order valence-electron chi connectivity index (χ2n) is 8.29. The number of nitrogens with zero attached hydrogens (tertiary/aromatic N) is 7. The van der Waals surface area contributed by atoms with E-state index in [-0.39, 0.29) is 11.1 Å². The minimum atomic E-state index is -0.0754. The van der Waals surface area contributed by atoms with E-state index in [0.29, 0.717) is 35.4 Å². The molecule has 1 aliphatic carbocycles. The van der Waals surface area contributed by atoms with E-state index in [0.717, 1.165) is 44.5 Å². The molecule has 9 heteroatoms. The summed E-state index contributed by atoms with van der Waals surface area (Å²) in [5, 5.41) is 4.69. The molecule has 0 N–H and O–H groups in total. The van der Waals surface area contributed by atoms with Gasteiger partial charge in [0.2, 0.25) is 5.95 Å². The lowest BCUT2D eigenvalue weighted by Crippen LogP contribution is -2.39. The number of anilines is 1. The van der Waals surface area contributed by atoms with Crippen LogP contribution in [0.4, 0.5) is 5.95 Å². The predicted octanol–water partition coefficient (Wildman–Crippen LogP) is 1.02. The van der Waals surface area contributed by atoms with Crippen LogP contribution in [-0.4, -0.2) is 42.0 Å². The number of hydrogen-bond donors (Lipinski definition) is 0. The number of piperidine rings is 1. The van der Waals surface area contributed by atoms with Gasteiger partial charge in [-0.2, -0.15) is 10.1 Å². The number of rotatable bonds is 4. The molecule has 0 bridgehead atoms. The Morgan fingerprint density at radius 3 is 2.55 bits per heavy atom. The average molecular weight is 395 g/mol. The van der Waals surface area contributed by atoms with E-state index in [2.05, 4.69) is 15.0 Å². The van der Waals surface area contributed by atoms with Crippen LogP contribution in [0.3, 0.4) is 0 Å². The summed E-state index contributed by atoms with van der Waals surface area (Å²) in [6.07, 6.45) is 7.46. The molecule has 0 amide bonds. The smallest absolute Gasteiger partial charge is 0.265 e. The molecule has 4 heterocycles. The SMILES string of the molecule is Cn1c(N2CCC(Cn3cnc(C4CC4)cc3=O)CC2)nc2c(cnn2C)c1=O. The van der Waals surface area contributed by atoms with E-state index < -0.39 is 0 Å². The number of aromatic nitrogens is 6. The average Bonchev–Trinajstić information content (AvgIpc) is 3.50. The monoisotopic (exact) mass is 395 g/mol. The van der Waals surface area contributed by atoms with Gasteiger partial charge in [-0.25, -0.2) is 4.98 Å². The quantitative estimate of drug-likeness (QED) is 0.655. The van der Waals surface area contributed by atoms with Crippen molar-refractivity contribution < 1.29 is 0 Å². The van der Waals surface area contributed by atoms with Gasteiger partial charge < -0.3 is 4.90 Å². The van der Waals surface area contributed by atoms with E-state index >= 15 is 0 Å². The Kier molecular flexibility index (Phi) is 4.25. The molecular formula is C20H25N7O2. The van der Waals surface area contributed by atoms with Gasteiger partial charge in [-0.05, 0) is 31.6 Å². The minimum Gasteiger partial charge on any atom is -0.342 e. The summed E-state index contributed by atoms with van der Waals surface area (Å²) >= 11 is 0. The first-order valence-electron chi connectivity index (χ1n) is 10.2. The fourth-order valence-electron chi connectivity index (χ4n) is 4.21. The van der Waals surface area contributed by atoms with Crippen LogP contribution in [0, 0.1) is 5.92 Å². The Labute approximate surface area is 167 Å². The molecule has 0 unspecified atom stereocenters. The van der Waals surface area contributed by atoms with Crippen LogP contribution in [0.2, 0.25) is 0 Å². The van der Waals surface area contributed by atoms with Gasteiger partial charge in [-0.3, -0.25) is 23.4 Å². The van der Waals surface area contributed by atoms with Crippen molar-refractivity contribution in [2.75, 3.05) is 18.0 Å². The zero-order valence-electron chi connectivity index (χ0n) is 16.8. The number of aryl methyl sites for hydroxylation is 1. The van der Waals surface area contributed by atoms with Gasteiger partial charge in [0, 0.05) is 45.7 Å². The maximum absolute atomic E-state index is 12.6. The lowest BCUT2D eigenvalue weighted by molar-refractivity contribution is 0.347. The molecule has 0 atom stereocenters. The predicted molar refractivity (Wildman–Crippen MR) is 109 cm³/mol. The molecule has 29 heavy (non-hydrogen) atoms. The maximum atomic E-state index is 12.6. The molecule has 1 saturated heterocycles. The first-order valence-corrected chi connectivity index (χ1v) is 10.2. The molecule has 1 saturated carbocycles. The third-order valence-electron chi connectivity index (χ3n) is 6.20. The van der Waals surface area contributed by atoms with Crippen LogP contribution in [0.25, 0.3) is 11.0 Å². The second kappa shape index (κ2) is 6.82. The normalized spacial score (nSPS) is 17.9.